The normalized spacial score (nSPS) is 13.1. The molecule has 0 aliphatic heterocycles. The molecule has 0 saturated carbocycles. The van der Waals surface area contributed by atoms with Crippen molar-refractivity contribution in [2.75, 3.05) is 0 Å². The van der Waals surface area contributed by atoms with Gasteiger partial charge >= 0.3 is 0 Å². The minimum atomic E-state index is 0.0741. The quantitative estimate of drug-likeness (QED) is 0.0821. The fraction of sp³-hybridized carbons (Fsp3) is 0.231. The lowest BCUT2D eigenvalue weighted by Crippen LogP contribution is -2.11. The zero-order valence-corrected chi connectivity index (χ0v) is 26.2. The number of nitrogens with zero attached hydrogens (tertiary/aromatic N) is 2. The Bertz CT molecular complexity index is 2290. The maximum absolute atomic E-state index is 13.8. The number of hydrogen-bond donors (Lipinski definition) is 1. The van der Waals surface area contributed by atoms with Crippen LogP contribution in [0.15, 0.2) is 101 Å². The van der Waals surface area contributed by atoms with Gasteiger partial charge in [-0.1, -0.05) is 98.9 Å². The lowest BCUT2D eigenvalue weighted by Gasteiger charge is -2.19. The fourth-order valence-corrected chi connectivity index (χ4v) is 8.18. The summed E-state index contributed by atoms with van der Waals surface area (Å²) in [5, 5.41) is 20.3. The van der Waals surface area contributed by atoms with Gasteiger partial charge in [0.25, 0.3) is 0 Å². The summed E-state index contributed by atoms with van der Waals surface area (Å²) in [7, 11) is 0. The molecule has 0 spiro atoms. The summed E-state index contributed by atoms with van der Waals surface area (Å²) in [5.41, 5.74) is 5.77. The number of benzene rings is 5. The smallest absolute Gasteiger partial charge is 0.195 e. The predicted molar refractivity (Wildman–Crippen MR) is 188 cm³/mol. The minimum absolute atomic E-state index is 0.0741. The molecule has 7 rings (SSSR count). The van der Waals surface area contributed by atoms with Crippen molar-refractivity contribution in [2.24, 2.45) is 11.1 Å². The Labute approximate surface area is 260 Å². The first-order valence-corrected chi connectivity index (χ1v) is 16.5. The number of unbranched alkanes of at least 4 members (excludes halogenated alkanes) is 1. The number of hydrogen-bond acceptors (Lipinski definition) is 4. The van der Waals surface area contributed by atoms with Crippen LogP contribution in [0.25, 0.3) is 52.8 Å². The molecule has 0 radical (unpaired) electrons. The van der Waals surface area contributed by atoms with Crippen LogP contribution in [0.4, 0.5) is 0 Å². The van der Waals surface area contributed by atoms with Crippen molar-refractivity contribution in [2.45, 2.75) is 53.0 Å². The number of fused-ring (bicyclic) bond motifs is 8. The average molecular weight is 597 g/mol. The van der Waals surface area contributed by atoms with Gasteiger partial charge in [-0.3, -0.25) is 4.79 Å². The van der Waals surface area contributed by atoms with Crippen molar-refractivity contribution in [3.63, 3.8) is 0 Å². The van der Waals surface area contributed by atoms with Crippen LogP contribution in [0, 0.1) is 12.8 Å². The summed E-state index contributed by atoms with van der Waals surface area (Å²) >= 11 is 1.69. The Kier molecular flexibility index (Phi) is 7.43. The van der Waals surface area contributed by atoms with Crippen molar-refractivity contribution in [3.05, 3.63) is 118 Å². The van der Waals surface area contributed by atoms with E-state index in [1.807, 2.05) is 61.5 Å². The van der Waals surface area contributed by atoms with Gasteiger partial charge in [0.2, 0.25) is 0 Å². The maximum Gasteiger partial charge on any atom is 0.195 e. The van der Waals surface area contributed by atoms with E-state index >= 15 is 0 Å². The Balaban J connectivity index is 1.66. The van der Waals surface area contributed by atoms with Crippen LogP contribution in [0.3, 0.4) is 0 Å². The van der Waals surface area contributed by atoms with E-state index in [1.165, 1.54) is 24.8 Å². The first-order valence-electron chi connectivity index (χ1n) is 15.7. The second kappa shape index (κ2) is 11.5. The van der Waals surface area contributed by atoms with Gasteiger partial charge in [-0.05, 0) is 60.5 Å². The summed E-state index contributed by atoms with van der Waals surface area (Å²) in [5.74, 6) is 0.541. The lowest BCUT2D eigenvalue weighted by molar-refractivity contribution is 0.319. The molecule has 0 bridgehead atoms. The summed E-state index contributed by atoms with van der Waals surface area (Å²) in [6, 6.07) is 30.8. The first-order chi connectivity index (χ1) is 21.5. The molecular formula is C39H36N2O2S. The third-order valence-corrected chi connectivity index (χ3v) is 10.5. The number of aromatic nitrogens is 1. The van der Waals surface area contributed by atoms with Crippen molar-refractivity contribution < 1.29 is 5.21 Å². The Morgan fingerprint density at radius 2 is 1.57 bits per heavy atom. The highest BCUT2D eigenvalue weighted by atomic mass is 32.1. The number of rotatable bonds is 8. The van der Waals surface area contributed by atoms with E-state index in [2.05, 4.69) is 60.0 Å². The molecule has 4 nitrogen and oxygen atoms in total. The summed E-state index contributed by atoms with van der Waals surface area (Å²) in [4.78, 5) is 13.8. The second-order valence-electron chi connectivity index (χ2n) is 11.9. The molecule has 5 heteroatoms. The van der Waals surface area contributed by atoms with Gasteiger partial charge < -0.3 is 9.77 Å². The highest BCUT2D eigenvalue weighted by Crippen LogP contribution is 2.42. The van der Waals surface area contributed by atoms with E-state index in [0.717, 1.165) is 76.9 Å². The van der Waals surface area contributed by atoms with Crippen LogP contribution in [0.2, 0.25) is 0 Å². The molecule has 5 aromatic carbocycles. The van der Waals surface area contributed by atoms with E-state index in [9.17, 15) is 10.0 Å². The van der Waals surface area contributed by atoms with E-state index in [0.29, 0.717) is 11.6 Å². The SMILES string of the molecule is CCCCC(CC)Cn1c2ccc3c(=O)c4ccccc4sc3c2c2cc(/C(=N\O)c3ccccc3C)c3ccccc3c21. The molecule has 1 atom stereocenters. The summed E-state index contributed by atoms with van der Waals surface area (Å²) in [6.45, 7) is 7.51. The van der Waals surface area contributed by atoms with E-state index in [4.69, 9.17) is 0 Å². The van der Waals surface area contributed by atoms with Crippen LogP contribution in [-0.2, 0) is 6.54 Å². The molecule has 7 aromatic rings. The third-order valence-electron chi connectivity index (χ3n) is 9.31. The molecule has 0 saturated heterocycles. The molecule has 2 heterocycles. The van der Waals surface area contributed by atoms with E-state index in [1.54, 1.807) is 11.3 Å². The Morgan fingerprint density at radius 3 is 2.32 bits per heavy atom. The standard InChI is InChI=1S/C39H36N2O2S/c1-4-6-14-25(5-2)23-41-33-21-20-30-38(42)29-18-11-12-19-34(29)44-39(30)35(33)32-22-31(27-16-9-10-17-28(27)37(32)41)36(40-43)26-15-8-7-13-24(26)3/h7-13,15-22,25,43H,4-6,14,23H2,1-3H3/b40-36-. The fourth-order valence-electron chi connectivity index (χ4n) is 6.95. The van der Waals surface area contributed by atoms with Gasteiger partial charge in [-0.2, -0.15) is 0 Å². The van der Waals surface area contributed by atoms with Gasteiger partial charge in [0.15, 0.2) is 5.43 Å². The largest absolute Gasteiger partial charge is 0.410 e. The molecule has 0 aliphatic rings. The molecule has 44 heavy (non-hydrogen) atoms. The van der Waals surface area contributed by atoms with Gasteiger partial charge in [0.1, 0.15) is 5.71 Å². The molecule has 0 fully saturated rings. The van der Waals surface area contributed by atoms with Crippen LogP contribution in [0.5, 0.6) is 0 Å². The molecule has 2 aromatic heterocycles. The molecule has 1 unspecified atom stereocenters. The summed E-state index contributed by atoms with van der Waals surface area (Å²) < 4.78 is 4.51. The second-order valence-corrected chi connectivity index (χ2v) is 13.0. The van der Waals surface area contributed by atoms with Crippen molar-refractivity contribution >= 4 is 69.8 Å². The topological polar surface area (TPSA) is 54.6 Å². The minimum Gasteiger partial charge on any atom is -0.410 e. The third kappa shape index (κ3) is 4.49. The average Bonchev–Trinajstić information content (AvgIpc) is 3.37. The van der Waals surface area contributed by atoms with Crippen LogP contribution >= 0.6 is 11.3 Å². The van der Waals surface area contributed by atoms with Crippen molar-refractivity contribution in [1.29, 1.82) is 0 Å². The van der Waals surface area contributed by atoms with Crippen LogP contribution in [-0.4, -0.2) is 15.5 Å². The van der Waals surface area contributed by atoms with Gasteiger partial charge in [-0.15, -0.1) is 11.3 Å². The molecular weight excluding hydrogens is 561 g/mol. The number of aryl methyl sites for hydroxylation is 1. The molecule has 0 aliphatic carbocycles. The van der Waals surface area contributed by atoms with Gasteiger partial charge in [0.05, 0.1) is 11.0 Å². The Hall–Kier alpha value is -4.48. The van der Waals surface area contributed by atoms with Crippen molar-refractivity contribution in [3.8, 4) is 0 Å². The van der Waals surface area contributed by atoms with Gasteiger partial charge in [-0.25, -0.2) is 0 Å². The van der Waals surface area contributed by atoms with Gasteiger partial charge in [0, 0.05) is 54.0 Å². The molecule has 0 amide bonds. The first kappa shape index (κ1) is 28.3. The zero-order valence-electron chi connectivity index (χ0n) is 25.4. The van der Waals surface area contributed by atoms with Crippen LogP contribution < -0.4 is 5.43 Å². The molecule has 1 N–H and O–H groups in total. The van der Waals surface area contributed by atoms with E-state index in [-0.39, 0.29) is 5.43 Å². The lowest BCUT2D eigenvalue weighted by atomic mass is 9.92. The highest BCUT2D eigenvalue weighted by Gasteiger charge is 2.23. The predicted octanol–water partition coefficient (Wildman–Crippen LogP) is 10.4. The maximum atomic E-state index is 13.8. The summed E-state index contributed by atoms with van der Waals surface area (Å²) in [6.07, 6.45) is 4.69. The number of oxime groups is 1. The molecule has 220 valence electrons. The van der Waals surface area contributed by atoms with E-state index < -0.39 is 0 Å². The zero-order chi connectivity index (χ0) is 30.4. The monoisotopic (exact) mass is 596 g/mol. The highest BCUT2D eigenvalue weighted by molar-refractivity contribution is 7.25. The Morgan fingerprint density at radius 1 is 0.841 bits per heavy atom. The van der Waals surface area contributed by atoms with Crippen LogP contribution in [0.1, 0.15) is 56.2 Å². The van der Waals surface area contributed by atoms with Crippen molar-refractivity contribution in [1.82, 2.24) is 4.57 Å².